The number of hydrogen-bond acceptors (Lipinski definition) is 2. The third-order valence-corrected chi connectivity index (χ3v) is 3.79. The molecule has 0 bridgehead atoms. The normalized spacial score (nSPS) is 34.3. The Balaban J connectivity index is 2.02. The zero-order chi connectivity index (χ0) is 10.7. The van der Waals surface area contributed by atoms with Gasteiger partial charge in [0, 0.05) is 5.41 Å². The summed E-state index contributed by atoms with van der Waals surface area (Å²) in [4.78, 5) is 0. The molecule has 2 rings (SSSR count). The second-order valence-electron chi connectivity index (χ2n) is 5.03. The van der Waals surface area contributed by atoms with E-state index in [1.807, 2.05) is 0 Å². The standard InChI is InChI=1S/C13H21NO/c1-13(7-3-2-4-8-13)12(15)11-5-9-14-10-6-11/h2-4,7,11-12,14-15H,5-6,8-10H2,1H3/t12?,13-/m0/s1. The minimum atomic E-state index is -0.194. The quantitative estimate of drug-likeness (QED) is 0.724. The topological polar surface area (TPSA) is 32.3 Å². The first-order valence-electron chi connectivity index (χ1n) is 5.95. The maximum atomic E-state index is 10.4. The van der Waals surface area contributed by atoms with Crippen molar-refractivity contribution in [3.05, 3.63) is 24.3 Å². The van der Waals surface area contributed by atoms with Crippen molar-refractivity contribution in [2.45, 2.75) is 32.3 Å². The molecule has 2 heteroatoms. The summed E-state index contributed by atoms with van der Waals surface area (Å²) in [5.74, 6) is 0.465. The van der Waals surface area contributed by atoms with Crippen LogP contribution >= 0.6 is 0 Å². The molecule has 1 fully saturated rings. The molecule has 1 aliphatic heterocycles. The average molecular weight is 207 g/mol. The summed E-state index contributed by atoms with van der Waals surface area (Å²) in [7, 11) is 0. The maximum absolute atomic E-state index is 10.4. The monoisotopic (exact) mass is 207 g/mol. The molecule has 84 valence electrons. The van der Waals surface area contributed by atoms with Crippen LogP contribution in [0, 0.1) is 11.3 Å². The molecule has 0 amide bonds. The summed E-state index contributed by atoms with van der Waals surface area (Å²) in [6.45, 7) is 4.27. The highest BCUT2D eigenvalue weighted by molar-refractivity contribution is 5.17. The van der Waals surface area contributed by atoms with Crippen LogP contribution in [-0.4, -0.2) is 24.3 Å². The van der Waals surface area contributed by atoms with E-state index >= 15 is 0 Å². The van der Waals surface area contributed by atoms with E-state index in [0.717, 1.165) is 32.4 Å². The van der Waals surface area contributed by atoms with E-state index in [0.29, 0.717) is 5.92 Å². The smallest absolute Gasteiger partial charge is 0.0660 e. The minimum Gasteiger partial charge on any atom is -0.392 e. The summed E-state index contributed by atoms with van der Waals surface area (Å²) in [5, 5.41) is 13.8. The average Bonchev–Trinajstić information content (AvgIpc) is 2.30. The van der Waals surface area contributed by atoms with Crippen molar-refractivity contribution in [2.75, 3.05) is 13.1 Å². The summed E-state index contributed by atoms with van der Waals surface area (Å²) in [6.07, 6.45) is 11.4. The Bertz CT molecular complexity index is 266. The summed E-state index contributed by atoms with van der Waals surface area (Å²) < 4.78 is 0. The van der Waals surface area contributed by atoms with Gasteiger partial charge in [-0.3, -0.25) is 0 Å². The lowest BCUT2D eigenvalue weighted by Gasteiger charge is -2.39. The van der Waals surface area contributed by atoms with Crippen molar-refractivity contribution >= 4 is 0 Å². The van der Waals surface area contributed by atoms with E-state index in [-0.39, 0.29) is 11.5 Å². The number of aliphatic hydroxyl groups excluding tert-OH is 1. The van der Waals surface area contributed by atoms with Crippen molar-refractivity contribution in [2.24, 2.45) is 11.3 Å². The van der Waals surface area contributed by atoms with E-state index < -0.39 is 0 Å². The van der Waals surface area contributed by atoms with E-state index in [4.69, 9.17) is 0 Å². The first-order valence-corrected chi connectivity index (χ1v) is 5.95. The fraction of sp³-hybridized carbons (Fsp3) is 0.692. The van der Waals surface area contributed by atoms with Crippen LogP contribution in [0.2, 0.25) is 0 Å². The zero-order valence-corrected chi connectivity index (χ0v) is 9.45. The Morgan fingerprint density at radius 2 is 2.07 bits per heavy atom. The lowest BCUT2D eigenvalue weighted by atomic mass is 9.71. The highest BCUT2D eigenvalue weighted by atomic mass is 16.3. The van der Waals surface area contributed by atoms with Crippen molar-refractivity contribution < 1.29 is 5.11 Å². The molecule has 0 aromatic rings. The van der Waals surface area contributed by atoms with Gasteiger partial charge >= 0.3 is 0 Å². The molecule has 2 atom stereocenters. The van der Waals surface area contributed by atoms with Gasteiger partial charge in [0.05, 0.1) is 6.10 Å². The molecule has 2 aliphatic rings. The molecule has 2 nitrogen and oxygen atoms in total. The molecule has 0 spiro atoms. The predicted molar refractivity (Wildman–Crippen MR) is 62.6 cm³/mol. The molecule has 1 saturated heterocycles. The van der Waals surface area contributed by atoms with Gasteiger partial charge in [0.1, 0.15) is 0 Å². The third kappa shape index (κ3) is 2.32. The van der Waals surface area contributed by atoms with Gasteiger partial charge in [0.15, 0.2) is 0 Å². The molecule has 1 aliphatic carbocycles. The van der Waals surface area contributed by atoms with Gasteiger partial charge in [-0.1, -0.05) is 31.2 Å². The summed E-state index contributed by atoms with van der Waals surface area (Å²) in [5.41, 5.74) is -0.0449. The Morgan fingerprint density at radius 1 is 1.33 bits per heavy atom. The second kappa shape index (κ2) is 4.50. The SMILES string of the molecule is C[C@]1(C(O)C2CCNCC2)C=CC=CC1. The molecule has 1 heterocycles. The van der Waals surface area contributed by atoms with Crippen LogP contribution in [0.25, 0.3) is 0 Å². The van der Waals surface area contributed by atoms with E-state index in [1.54, 1.807) is 0 Å². The maximum Gasteiger partial charge on any atom is 0.0660 e. The van der Waals surface area contributed by atoms with Crippen molar-refractivity contribution in [1.29, 1.82) is 0 Å². The van der Waals surface area contributed by atoms with Crippen LogP contribution in [0.4, 0.5) is 0 Å². The van der Waals surface area contributed by atoms with Crippen LogP contribution in [0.5, 0.6) is 0 Å². The first kappa shape index (κ1) is 10.9. The lowest BCUT2D eigenvalue weighted by molar-refractivity contribution is 0.00717. The fourth-order valence-electron chi connectivity index (χ4n) is 2.66. The van der Waals surface area contributed by atoms with Crippen molar-refractivity contribution in [3.63, 3.8) is 0 Å². The largest absolute Gasteiger partial charge is 0.392 e. The fourth-order valence-corrected chi connectivity index (χ4v) is 2.66. The Hall–Kier alpha value is -0.600. The third-order valence-electron chi connectivity index (χ3n) is 3.79. The predicted octanol–water partition coefficient (Wildman–Crippen LogP) is 1.87. The number of hydrogen-bond donors (Lipinski definition) is 2. The summed E-state index contributed by atoms with van der Waals surface area (Å²) in [6, 6.07) is 0. The first-order chi connectivity index (χ1) is 7.22. The Morgan fingerprint density at radius 3 is 2.67 bits per heavy atom. The second-order valence-corrected chi connectivity index (χ2v) is 5.03. The lowest BCUT2D eigenvalue weighted by Crippen LogP contribution is -2.42. The molecule has 0 aromatic heterocycles. The van der Waals surface area contributed by atoms with Crippen LogP contribution in [-0.2, 0) is 0 Å². The Kier molecular flexibility index (Phi) is 3.27. The van der Waals surface area contributed by atoms with Crippen molar-refractivity contribution in [1.82, 2.24) is 5.32 Å². The van der Waals surface area contributed by atoms with Gasteiger partial charge in [-0.2, -0.15) is 0 Å². The van der Waals surface area contributed by atoms with Gasteiger partial charge in [-0.15, -0.1) is 0 Å². The van der Waals surface area contributed by atoms with Gasteiger partial charge in [-0.05, 0) is 38.3 Å². The molecule has 0 aromatic carbocycles. The van der Waals surface area contributed by atoms with E-state index in [9.17, 15) is 5.11 Å². The van der Waals surface area contributed by atoms with E-state index in [2.05, 4.69) is 36.5 Å². The number of nitrogens with one attached hydrogen (secondary N) is 1. The molecule has 0 radical (unpaired) electrons. The number of allylic oxidation sites excluding steroid dienone is 3. The molecular formula is C13H21NO. The minimum absolute atomic E-state index is 0.0449. The highest BCUT2D eigenvalue weighted by Crippen LogP contribution is 2.37. The molecule has 0 saturated carbocycles. The van der Waals surface area contributed by atoms with Crippen molar-refractivity contribution in [3.8, 4) is 0 Å². The van der Waals surface area contributed by atoms with Crippen LogP contribution < -0.4 is 5.32 Å². The van der Waals surface area contributed by atoms with Gasteiger partial charge in [0.25, 0.3) is 0 Å². The number of piperidine rings is 1. The van der Waals surface area contributed by atoms with Crippen LogP contribution in [0.15, 0.2) is 24.3 Å². The number of rotatable bonds is 2. The van der Waals surface area contributed by atoms with Gasteiger partial charge in [-0.25, -0.2) is 0 Å². The number of aliphatic hydroxyl groups is 1. The molecule has 15 heavy (non-hydrogen) atoms. The Labute approximate surface area is 92.1 Å². The summed E-state index contributed by atoms with van der Waals surface area (Å²) >= 11 is 0. The zero-order valence-electron chi connectivity index (χ0n) is 9.45. The van der Waals surface area contributed by atoms with Crippen LogP contribution in [0.3, 0.4) is 0 Å². The van der Waals surface area contributed by atoms with Crippen LogP contribution in [0.1, 0.15) is 26.2 Å². The molecular weight excluding hydrogens is 186 g/mol. The molecule has 1 unspecified atom stereocenters. The van der Waals surface area contributed by atoms with Gasteiger partial charge < -0.3 is 10.4 Å². The molecule has 2 N–H and O–H groups in total. The van der Waals surface area contributed by atoms with Gasteiger partial charge in [0.2, 0.25) is 0 Å². The van der Waals surface area contributed by atoms with E-state index in [1.165, 1.54) is 0 Å². The highest BCUT2D eigenvalue weighted by Gasteiger charge is 2.36.